The van der Waals surface area contributed by atoms with Crippen LogP contribution in [0, 0.1) is 5.92 Å². The fourth-order valence-electron chi connectivity index (χ4n) is 2.52. The molecule has 1 heterocycles. The van der Waals surface area contributed by atoms with E-state index in [0.717, 1.165) is 32.3 Å². The van der Waals surface area contributed by atoms with E-state index in [-0.39, 0.29) is 24.0 Å². The van der Waals surface area contributed by atoms with Crippen LogP contribution >= 0.6 is 24.0 Å². The Morgan fingerprint density at radius 1 is 1.24 bits per heavy atom. The van der Waals surface area contributed by atoms with Crippen molar-refractivity contribution < 1.29 is 4.74 Å². The van der Waals surface area contributed by atoms with Crippen LogP contribution < -0.4 is 10.6 Å². The lowest BCUT2D eigenvalue weighted by atomic mass is 10.1. The first kappa shape index (κ1) is 20.9. The molecular weight excluding hydrogens is 379 g/mol. The lowest BCUT2D eigenvalue weighted by Crippen LogP contribution is -2.43. The highest BCUT2D eigenvalue weighted by Gasteiger charge is 2.13. The van der Waals surface area contributed by atoms with E-state index in [2.05, 4.69) is 27.4 Å². The quantitative estimate of drug-likeness (QED) is 0.277. The highest BCUT2D eigenvalue weighted by Crippen LogP contribution is 2.10. The van der Waals surface area contributed by atoms with Gasteiger partial charge in [0.1, 0.15) is 0 Å². The Kier molecular flexibility index (Phi) is 13.5. The van der Waals surface area contributed by atoms with Gasteiger partial charge in [0.25, 0.3) is 0 Å². The van der Waals surface area contributed by atoms with Gasteiger partial charge in [-0.05, 0) is 38.8 Å². The molecule has 21 heavy (non-hydrogen) atoms. The standard InChI is InChI=1S/C15H32N4O.HI/c1-4-20-11-8-17-15(16-3)18-12-14(2)13-19-9-6-5-7-10-19;/h14H,4-13H2,1-3H3,(H2,16,17,18);1H. The van der Waals surface area contributed by atoms with Crippen LogP contribution in [0.25, 0.3) is 0 Å². The van der Waals surface area contributed by atoms with Gasteiger partial charge in [-0.1, -0.05) is 13.3 Å². The van der Waals surface area contributed by atoms with E-state index in [1.165, 1.54) is 38.9 Å². The summed E-state index contributed by atoms with van der Waals surface area (Å²) < 4.78 is 5.30. The average Bonchev–Trinajstić information content (AvgIpc) is 2.47. The van der Waals surface area contributed by atoms with Gasteiger partial charge in [0.2, 0.25) is 0 Å². The zero-order chi connectivity index (χ0) is 14.6. The lowest BCUT2D eigenvalue weighted by molar-refractivity contribution is 0.152. The number of aliphatic imine (C=N–C) groups is 1. The number of guanidine groups is 1. The van der Waals surface area contributed by atoms with Crippen LogP contribution in [0.15, 0.2) is 4.99 Å². The number of halogens is 1. The summed E-state index contributed by atoms with van der Waals surface area (Å²) in [5.74, 6) is 1.51. The summed E-state index contributed by atoms with van der Waals surface area (Å²) in [7, 11) is 1.81. The summed E-state index contributed by atoms with van der Waals surface area (Å²) in [4.78, 5) is 6.81. The lowest BCUT2D eigenvalue weighted by Gasteiger charge is -2.29. The van der Waals surface area contributed by atoms with Gasteiger partial charge in [-0.2, -0.15) is 0 Å². The van der Waals surface area contributed by atoms with Crippen molar-refractivity contribution in [3.8, 4) is 0 Å². The second-order valence-electron chi connectivity index (χ2n) is 5.54. The van der Waals surface area contributed by atoms with Crippen molar-refractivity contribution in [2.75, 3.05) is 53.0 Å². The van der Waals surface area contributed by atoms with Crippen molar-refractivity contribution in [1.82, 2.24) is 15.5 Å². The van der Waals surface area contributed by atoms with Crippen LogP contribution in [0.1, 0.15) is 33.1 Å². The number of nitrogens with zero attached hydrogens (tertiary/aromatic N) is 2. The highest BCUT2D eigenvalue weighted by molar-refractivity contribution is 14.0. The monoisotopic (exact) mass is 412 g/mol. The average molecular weight is 412 g/mol. The molecule has 1 rings (SSSR count). The molecule has 1 aliphatic rings. The van der Waals surface area contributed by atoms with Crippen molar-refractivity contribution in [2.45, 2.75) is 33.1 Å². The van der Waals surface area contributed by atoms with E-state index in [0.29, 0.717) is 5.92 Å². The molecule has 1 aliphatic heterocycles. The van der Waals surface area contributed by atoms with Gasteiger partial charge in [0.05, 0.1) is 6.61 Å². The third-order valence-corrected chi connectivity index (χ3v) is 3.60. The predicted molar refractivity (Wildman–Crippen MR) is 101 cm³/mol. The maximum Gasteiger partial charge on any atom is 0.191 e. The van der Waals surface area contributed by atoms with E-state index in [9.17, 15) is 0 Å². The number of likely N-dealkylation sites (tertiary alicyclic amines) is 1. The fourth-order valence-corrected chi connectivity index (χ4v) is 2.52. The maximum atomic E-state index is 5.30. The Morgan fingerprint density at radius 2 is 1.95 bits per heavy atom. The van der Waals surface area contributed by atoms with Gasteiger partial charge in [0, 0.05) is 33.3 Å². The number of hydrogen-bond donors (Lipinski definition) is 2. The summed E-state index contributed by atoms with van der Waals surface area (Å²) >= 11 is 0. The van der Waals surface area contributed by atoms with Gasteiger partial charge in [-0.3, -0.25) is 4.99 Å². The Hall–Kier alpha value is -0.0800. The van der Waals surface area contributed by atoms with Crippen LogP contribution in [-0.2, 0) is 4.74 Å². The highest BCUT2D eigenvalue weighted by atomic mass is 127. The molecule has 0 bridgehead atoms. The third kappa shape index (κ3) is 10.3. The third-order valence-electron chi connectivity index (χ3n) is 3.60. The summed E-state index contributed by atoms with van der Waals surface area (Å²) in [5, 5.41) is 6.66. The zero-order valence-electron chi connectivity index (χ0n) is 13.9. The molecule has 6 heteroatoms. The van der Waals surface area contributed by atoms with Crippen LogP contribution in [0.3, 0.4) is 0 Å². The summed E-state index contributed by atoms with van der Waals surface area (Å²) in [6.45, 7) is 11.3. The van der Waals surface area contributed by atoms with Crippen molar-refractivity contribution in [2.24, 2.45) is 10.9 Å². The first-order chi connectivity index (χ1) is 9.76. The number of nitrogens with one attached hydrogen (secondary N) is 2. The Bertz CT molecular complexity index is 270. The second-order valence-corrected chi connectivity index (χ2v) is 5.54. The van der Waals surface area contributed by atoms with Crippen LogP contribution in [0.2, 0.25) is 0 Å². The fraction of sp³-hybridized carbons (Fsp3) is 0.933. The molecule has 0 saturated carbocycles. The normalized spacial score (nSPS) is 18.0. The van der Waals surface area contributed by atoms with Crippen LogP contribution in [0.4, 0.5) is 0 Å². The Morgan fingerprint density at radius 3 is 2.57 bits per heavy atom. The van der Waals surface area contributed by atoms with Gasteiger partial charge in [0.15, 0.2) is 5.96 Å². The summed E-state index contributed by atoms with van der Waals surface area (Å²) in [6.07, 6.45) is 4.13. The van der Waals surface area contributed by atoms with Gasteiger partial charge < -0.3 is 20.3 Å². The van der Waals surface area contributed by atoms with E-state index in [1.54, 1.807) is 0 Å². The Balaban J connectivity index is 0.00000400. The molecule has 0 amide bonds. The molecule has 0 aromatic heterocycles. The number of ether oxygens (including phenoxy) is 1. The molecule has 0 aromatic rings. The van der Waals surface area contributed by atoms with Crippen LogP contribution in [-0.4, -0.2) is 63.8 Å². The molecule has 126 valence electrons. The number of rotatable bonds is 8. The molecule has 0 aromatic carbocycles. The van der Waals surface area contributed by atoms with E-state index < -0.39 is 0 Å². The van der Waals surface area contributed by atoms with E-state index >= 15 is 0 Å². The predicted octanol–water partition coefficient (Wildman–Crippen LogP) is 1.93. The summed E-state index contributed by atoms with van der Waals surface area (Å²) in [6, 6.07) is 0. The molecular formula is C15H33IN4O. The van der Waals surface area contributed by atoms with Crippen LogP contribution in [0.5, 0.6) is 0 Å². The van der Waals surface area contributed by atoms with E-state index in [1.807, 2.05) is 14.0 Å². The molecule has 0 spiro atoms. The van der Waals surface area contributed by atoms with Crippen molar-refractivity contribution in [1.29, 1.82) is 0 Å². The second kappa shape index (κ2) is 13.6. The van der Waals surface area contributed by atoms with Crippen molar-refractivity contribution in [3.05, 3.63) is 0 Å². The van der Waals surface area contributed by atoms with E-state index in [4.69, 9.17) is 4.74 Å². The molecule has 0 radical (unpaired) electrons. The smallest absolute Gasteiger partial charge is 0.191 e. The SMILES string of the molecule is CCOCCNC(=NC)NCC(C)CN1CCCCC1.I. The molecule has 0 aliphatic carbocycles. The molecule has 5 nitrogen and oxygen atoms in total. The van der Waals surface area contributed by atoms with Gasteiger partial charge >= 0.3 is 0 Å². The number of hydrogen-bond acceptors (Lipinski definition) is 3. The zero-order valence-corrected chi connectivity index (χ0v) is 16.2. The minimum absolute atomic E-state index is 0. The van der Waals surface area contributed by atoms with Crippen molar-refractivity contribution >= 4 is 29.9 Å². The van der Waals surface area contributed by atoms with Gasteiger partial charge in [-0.15, -0.1) is 24.0 Å². The largest absolute Gasteiger partial charge is 0.380 e. The topological polar surface area (TPSA) is 48.9 Å². The minimum atomic E-state index is 0. The summed E-state index contributed by atoms with van der Waals surface area (Å²) in [5.41, 5.74) is 0. The molecule has 1 saturated heterocycles. The number of piperidine rings is 1. The minimum Gasteiger partial charge on any atom is -0.380 e. The molecule has 2 N–H and O–H groups in total. The van der Waals surface area contributed by atoms with Gasteiger partial charge in [-0.25, -0.2) is 0 Å². The first-order valence-corrected chi connectivity index (χ1v) is 8.00. The maximum absolute atomic E-state index is 5.30. The van der Waals surface area contributed by atoms with Crippen molar-refractivity contribution in [3.63, 3.8) is 0 Å². The molecule has 1 atom stereocenters. The molecule has 1 unspecified atom stereocenters. The Labute approximate surface area is 147 Å². The first-order valence-electron chi connectivity index (χ1n) is 8.00. The molecule has 1 fully saturated rings.